The monoisotopic (exact) mass is 437 g/mol. The molecule has 0 radical (unpaired) electrons. The summed E-state index contributed by atoms with van der Waals surface area (Å²) in [5, 5.41) is 7.54. The molecular formula is C23H27N5S2. The second kappa shape index (κ2) is 8.12. The minimum Gasteiger partial charge on any atom is -0.352 e. The molecule has 1 saturated heterocycles. The summed E-state index contributed by atoms with van der Waals surface area (Å²) in [6.07, 6.45) is 10.1. The van der Waals surface area contributed by atoms with Crippen molar-refractivity contribution >= 4 is 28.7 Å². The molecule has 5 rings (SSSR count). The first-order chi connectivity index (χ1) is 14.6. The zero-order chi connectivity index (χ0) is 20.7. The first kappa shape index (κ1) is 19.7. The van der Waals surface area contributed by atoms with Crippen LogP contribution in [0.2, 0.25) is 0 Å². The van der Waals surface area contributed by atoms with Crippen LogP contribution >= 0.6 is 23.6 Å². The molecule has 2 atom stereocenters. The van der Waals surface area contributed by atoms with Crippen LogP contribution < -0.4 is 5.32 Å². The molecule has 0 amide bonds. The predicted octanol–water partition coefficient (Wildman–Crippen LogP) is 5.25. The van der Waals surface area contributed by atoms with Gasteiger partial charge in [0.15, 0.2) is 10.2 Å². The van der Waals surface area contributed by atoms with Gasteiger partial charge in [0.2, 0.25) is 0 Å². The summed E-state index contributed by atoms with van der Waals surface area (Å²) in [6.45, 7) is 4.37. The Balaban J connectivity index is 1.62. The maximum atomic E-state index is 5.91. The lowest BCUT2D eigenvalue weighted by atomic mass is 9.90. The van der Waals surface area contributed by atoms with Crippen LogP contribution in [0.25, 0.3) is 5.13 Å². The van der Waals surface area contributed by atoms with E-state index in [-0.39, 0.29) is 12.1 Å². The summed E-state index contributed by atoms with van der Waals surface area (Å²) >= 11 is 7.58. The van der Waals surface area contributed by atoms with Gasteiger partial charge in [-0.05, 0) is 62.7 Å². The SMILES string of the molecule is Cc1cc(C2C(c3ccccn3)NC(=S)N2C2CCCCC2)c(C)n1-c1nccs1. The molecule has 7 heteroatoms. The first-order valence-corrected chi connectivity index (χ1v) is 12.0. The second-order valence-electron chi connectivity index (χ2n) is 8.30. The smallest absolute Gasteiger partial charge is 0.193 e. The van der Waals surface area contributed by atoms with Crippen molar-refractivity contribution in [3.05, 3.63) is 64.7 Å². The van der Waals surface area contributed by atoms with E-state index in [2.05, 4.69) is 51.8 Å². The quantitative estimate of drug-likeness (QED) is 0.565. The Bertz CT molecular complexity index is 1020. The van der Waals surface area contributed by atoms with Crippen molar-refractivity contribution in [3.8, 4) is 5.13 Å². The van der Waals surface area contributed by atoms with Gasteiger partial charge in [0, 0.05) is 35.2 Å². The summed E-state index contributed by atoms with van der Waals surface area (Å²) in [6, 6.07) is 9.13. The van der Waals surface area contributed by atoms with Crippen molar-refractivity contribution < 1.29 is 0 Å². The van der Waals surface area contributed by atoms with Crippen LogP contribution in [-0.2, 0) is 0 Å². The van der Waals surface area contributed by atoms with Gasteiger partial charge in [-0.3, -0.25) is 9.55 Å². The van der Waals surface area contributed by atoms with Gasteiger partial charge in [-0.1, -0.05) is 25.3 Å². The van der Waals surface area contributed by atoms with E-state index in [4.69, 9.17) is 17.2 Å². The molecule has 2 fully saturated rings. The molecule has 30 heavy (non-hydrogen) atoms. The van der Waals surface area contributed by atoms with Crippen molar-refractivity contribution in [1.82, 2.24) is 24.8 Å². The third kappa shape index (κ3) is 3.34. The standard InChI is InChI=1S/C23H27N5S2/c1-15-14-18(16(2)27(15)23-25-12-13-30-23)21-20(19-10-6-7-11-24-19)26-22(29)28(21)17-8-4-3-5-9-17/h6-7,10-14,17,20-21H,3-5,8-9H2,1-2H3,(H,26,29). The van der Waals surface area contributed by atoms with Gasteiger partial charge in [0.05, 0.1) is 17.8 Å². The number of hydrogen-bond acceptors (Lipinski definition) is 4. The number of nitrogens with zero attached hydrogens (tertiary/aromatic N) is 4. The predicted molar refractivity (Wildman–Crippen MR) is 125 cm³/mol. The molecule has 3 aromatic heterocycles. The van der Waals surface area contributed by atoms with E-state index in [0.29, 0.717) is 6.04 Å². The summed E-state index contributed by atoms with van der Waals surface area (Å²) < 4.78 is 2.27. The number of thiocarbonyl (C=S) groups is 1. The Labute approximate surface area is 187 Å². The molecule has 0 aromatic carbocycles. The van der Waals surface area contributed by atoms with Crippen molar-refractivity contribution in [2.75, 3.05) is 0 Å². The third-order valence-corrected chi connectivity index (χ3v) is 7.59. The Morgan fingerprint density at radius 2 is 1.93 bits per heavy atom. The van der Waals surface area contributed by atoms with Crippen LogP contribution in [0.5, 0.6) is 0 Å². The molecule has 0 spiro atoms. The number of thiazole rings is 1. The molecule has 0 bridgehead atoms. The van der Waals surface area contributed by atoms with Gasteiger partial charge >= 0.3 is 0 Å². The lowest BCUT2D eigenvalue weighted by Crippen LogP contribution is -2.40. The van der Waals surface area contributed by atoms with E-state index in [1.54, 1.807) is 11.3 Å². The first-order valence-electron chi connectivity index (χ1n) is 10.7. The molecule has 1 N–H and O–H groups in total. The summed E-state index contributed by atoms with van der Waals surface area (Å²) in [4.78, 5) is 11.7. The number of aromatic nitrogens is 3. The molecule has 1 aliphatic carbocycles. The lowest BCUT2D eigenvalue weighted by Gasteiger charge is -2.37. The van der Waals surface area contributed by atoms with Crippen molar-refractivity contribution in [2.45, 2.75) is 64.1 Å². The highest BCUT2D eigenvalue weighted by Crippen LogP contribution is 2.44. The van der Waals surface area contributed by atoms with E-state index >= 15 is 0 Å². The minimum atomic E-state index is 0.0471. The molecular weight excluding hydrogens is 410 g/mol. The number of pyridine rings is 1. The number of nitrogens with one attached hydrogen (secondary N) is 1. The average Bonchev–Trinajstić information content (AvgIpc) is 3.47. The van der Waals surface area contributed by atoms with Crippen LogP contribution in [-0.4, -0.2) is 30.6 Å². The average molecular weight is 438 g/mol. The fraction of sp³-hybridized carbons (Fsp3) is 0.435. The second-order valence-corrected chi connectivity index (χ2v) is 9.56. The Morgan fingerprint density at radius 1 is 1.10 bits per heavy atom. The highest BCUT2D eigenvalue weighted by Gasteiger charge is 2.44. The summed E-state index contributed by atoms with van der Waals surface area (Å²) in [5.41, 5.74) is 4.80. The number of aryl methyl sites for hydroxylation is 1. The van der Waals surface area contributed by atoms with Crippen LogP contribution in [0, 0.1) is 13.8 Å². The molecule has 2 aliphatic rings. The maximum absolute atomic E-state index is 5.91. The van der Waals surface area contributed by atoms with Crippen molar-refractivity contribution in [2.24, 2.45) is 0 Å². The highest BCUT2D eigenvalue weighted by molar-refractivity contribution is 7.80. The molecule has 4 heterocycles. The fourth-order valence-electron chi connectivity index (χ4n) is 5.16. The van der Waals surface area contributed by atoms with Gasteiger partial charge in [-0.15, -0.1) is 11.3 Å². The van der Waals surface area contributed by atoms with Crippen molar-refractivity contribution in [3.63, 3.8) is 0 Å². The van der Waals surface area contributed by atoms with Gasteiger partial charge in [-0.25, -0.2) is 4.98 Å². The Morgan fingerprint density at radius 3 is 2.63 bits per heavy atom. The van der Waals surface area contributed by atoms with E-state index in [1.807, 2.05) is 23.8 Å². The third-order valence-electron chi connectivity index (χ3n) is 6.50. The fourth-order valence-corrected chi connectivity index (χ4v) is 6.30. The molecule has 156 valence electrons. The summed E-state index contributed by atoms with van der Waals surface area (Å²) in [5.74, 6) is 0. The van der Waals surface area contributed by atoms with E-state index < -0.39 is 0 Å². The molecule has 5 nitrogen and oxygen atoms in total. The normalized spacial score (nSPS) is 22.5. The van der Waals surface area contributed by atoms with Gasteiger partial charge < -0.3 is 10.2 Å². The minimum absolute atomic E-state index is 0.0471. The van der Waals surface area contributed by atoms with Crippen LogP contribution in [0.1, 0.15) is 66.8 Å². The van der Waals surface area contributed by atoms with E-state index in [9.17, 15) is 0 Å². The molecule has 3 aromatic rings. The van der Waals surface area contributed by atoms with E-state index in [1.165, 1.54) is 49.1 Å². The molecule has 1 saturated carbocycles. The van der Waals surface area contributed by atoms with Gasteiger partial charge in [0.25, 0.3) is 0 Å². The Kier molecular flexibility index (Phi) is 5.33. The topological polar surface area (TPSA) is 46.0 Å². The van der Waals surface area contributed by atoms with E-state index in [0.717, 1.165) is 15.9 Å². The highest BCUT2D eigenvalue weighted by atomic mass is 32.1. The van der Waals surface area contributed by atoms with Crippen LogP contribution in [0.3, 0.4) is 0 Å². The number of rotatable bonds is 4. The largest absolute Gasteiger partial charge is 0.352 e. The summed E-state index contributed by atoms with van der Waals surface area (Å²) in [7, 11) is 0. The van der Waals surface area contributed by atoms with Gasteiger partial charge in [0.1, 0.15) is 0 Å². The van der Waals surface area contributed by atoms with Gasteiger partial charge in [-0.2, -0.15) is 0 Å². The maximum Gasteiger partial charge on any atom is 0.193 e. The zero-order valence-corrected chi connectivity index (χ0v) is 19.0. The number of hydrogen-bond donors (Lipinski definition) is 1. The molecule has 2 unspecified atom stereocenters. The van der Waals surface area contributed by atoms with Crippen LogP contribution in [0.15, 0.2) is 42.0 Å². The Hall–Kier alpha value is -2.25. The zero-order valence-electron chi connectivity index (χ0n) is 17.4. The molecule has 1 aliphatic heterocycles. The van der Waals surface area contributed by atoms with Crippen LogP contribution in [0.4, 0.5) is 0 Å². The lowest BCUT2D eigenvalue weighted by molar-refractivity contribution is 0.197. The van der Waals surface area contributed by atoms with Crippen molar-refractivity contribution in [1.29, 1.82) is 0 Å².